The first-order valence-corrected chi connectivity index (χ1v) is 4.52. The van der Waals surface area contributed by atoms with Crippen LogP contribution in [-0.2, 0) is 13.0 Å². The predicted octanol–water partition coefficient (Wildman–Crippen LogP) is 2.53. The van der Waals surface area contributed by atoms with Gasteiger partial charge in [0.15, 0.2) is 0 Å². The summed E-state index contributed by atoms with van der Waals surface area (Å²) in [4.78, 5) is 4.01. The maximum atomic E-state index is 12.4. The first-order chi connectivity index (χ1) is 5.70. The summed E-state index contributed by atoms with van der Waals surface area (Å²) in [7, 11) is 0. The Labute approximate surface area is 76.7 Å². The van der Waals surface area contributed by atoms with E-state index in [1.165, 1.54) is 0 Å². The van der Waals surface area contributed by atoms with Crippen LogP contribution >= 0.6 is 15.9 Å². The van der Waals surface area contributed by atoms with Crippen LogP contribution in [0.25, 0.3) is 0 Å². The van der Waals surface area contributed by atoms with Gasteiger partial charge in [-0.3, -0.25) is 0 Å². The molecule has 2 heterocycles. The van der Waals surface area contributed by atoms with Gasteiger partial charge in [0.25, 0.3) is 6.43 Å². The Kier molecular flexibility index (Phi) is 1.90. The summed E-state index contributed by atoms with van der Waals surface area (Å²) in [6.45, 7) is 0.674. The first kappa shape index (κ1) is 8.16. The molecule has 1 aliphatic rings. The second-order valence-electron chi connectivity index (χ2n) is 2.76. The highest BCUT2D eigenvalue weighted by Crippen LogP contribution is 2.31. The molecule has 0 atom stereocenters. The van der Waals surface area contributed by atoms with E-state index in [1.807, 2.05) is 0 Å². The molecule has 2 rings (SSSR count). The fourth-order valence-corrected chi connectivity index (χ4v) is 2.12. The van der Waals surface area contributed by atoms with Crippen molar-refractivity contribution in [2.75, 3.05) is 0 Å². The van der Waals surface area contributed by atoms with Crippen LogP contribution < -0.4 is 0 Å². The summed E-state index contributed by atoms with van der Waals surface area (Å²) >= 11 is 3.03. The molecule has 1 aromatic rings. The molecule has 1 aliphatic heterocycles. The minimum atomic E-state index is -2.43. The summed E-state index contributed by atoms with van der Waals surface area (Å²) in [5.74, 6) is 0.775. The van der Waals surface area contributed by atoms with E-state index in [4.69, 9.17) is 0 Å². The Morgan fingerprint density at radius 1 is 1.50 bits per heavy atom. The van der Waals surface area contributed by atoms with E-state index in [0.29, 0.717) is 11.1 Å². The number of nitrogens with zero attached hydrogens (tertiary/aromatic N) is 2. The van der Waals surface area contributed by atoms with Crippen LogP contribution in [0.15, 0.2) is 4.60 Å². The molecule has 0 saturated heterocycles. The van der Waals surface area contributed by atoms with E-state index in [2.05, 4.69) is 20.9 Å². The summed E-state index contributed by atoms with van der Waals surface area (Å²) in [5, 5.41) is 0. The molecule has 0 N–H and O–H groups in total. The number of hydrogen-bond acceptors (Lipinski definition) is 1. The van der Waals surface area contributed by atoms with Gasteiger partial charge >= 0.3 is 0 Å². The van der Waals surface area contributed by atoms with Gasteiger partial charge in [-0.15, -0.1) is 0 Å². The highest BCUT2D eigenvalue weighted by atomic mass is 79.9. The van der Waals surface area contributed by atoms with Gasteiger partial charge in [-0.05, 0) is 22.4 Å². The minimum absolute atomic E-state index is 0.0301. The number of imidazole rings is 1. The lowest BCUT2D eigenvalue weighted by atomic mass is 10.4. The molecule has 12 heavy (non-hydrogen) atoms. The van der Waals surface area contributed by atoms with Gasteiger partial charge in [0.1, 0.15) is 16.1 Å². The number of rotatable bonds is 1. The van der Waals surface area contributed by atoms with Crippen LogP contribution in [0.2, 0.25) is 0 Å². The molecule has 66 valence electrons. The Hall–Kier alpha value is -0.450. The minimum Gasteiger partial charge on any atom is -0.326 e. The van der Waals surface area contributed by atoms with Gasteiger partial charge in [0, 0.05) is 13.0 Å². The van der Waals surface area contributed by atoms with Crippen molar-refractivity contribution in [2.24, 2.45) is 0 Å². The zero-order chi connectivity index (χ0) is 8.72. The summed E-state index contributed by atoms with van der Waals surface area (Å²) in [6, 6.07) is 0. The van der Waals surface area contributed by atoms with E-state index in [0.717, 1.165) is 18.7 Å². The third-order valence-electron chi connectivity index (χ3n) is 2.03. The van der Waals surface area contributed by atoms with Crippen molar-refractivity contribution in [2.45, 2.75) is 25.8 Å². The van der Waals surface area contributed by atoms with E-state index >= 15 is 0 Å². The Morgan fingerprint density at radius 2 is 2.25 bits per heavy atom. The average molecular weight is 237 g/mol. The lowest BCUT2D eigenvalue weighted by Crippen LogP contribution is -1.99. The van der Waals surface area contributed by atoms with E-state index in [-0.39, 0.29) is 5.69 Å². The molecule has 0 unspecified atom stereocenters. The van der Waals surface area contributed by atoms with Gasteiger partial charge < -0.3 is 4.57 Å². The molecule has 5 heteroatoms. The highest BCUT2D eigenvalue weighted by Gasteiger charge is 2.25. The van der Waals surface area contributed by atoms with Gasteiger partial charge in [0.05, 0.1) is 0 Å². The molecule has 0 amide bonds. The summed E-state index contributed by atoms with van der Waals surface area (Å²) in [6.07, 6.45) is -0.695. The number of aromatic nitrogens is 2. The zero-order valence-electron chi connectivity index (χ0n) is 6.23. The fraction of sp³-hybridized carbons (Fsp3) is 0.571. The lowest BCUT2D eigenvalue weighted by Gasteiger charge is -2.02. The second kappa shape index (κ2) is 2.80. The largest absolute Gasteiger partial charge is 0.326 e. The molecule has 0 spiro atoms. The van der Waals surface area contributed by atoms with Gasteiger partial charge in [-0.25, -0.2) is 13.8 Å². The van der Waals surface area contributed by atoms with Crippen LogP contribution in [-0.4, -0.2) is 9.55 Å². The first-order valence-electron chi connectivity index (χ1n) is 3.73. The number of alkyl halides is 2. The number of fused-ring (bicyclic) bond motifs is 1. The van der Waals surface area contributed by atoms with Crippen LogP contribution in [0.3, 0.4) is 0 Å². The quantitative estimate of drug-likeness (QED) is 0.733. The van der Waals surface area contributed by atoms with Crippen LogP contribution in [0.1, 0.15) is 24.4 Å². The standard InChI is InChI=1S/C7H7BrF2N2/c8-6-5(7(9)10)12-3-1-2-4(12)11-6/h7H,1-3H2. The molecule has 0 saturated carbocycles. The molecule has 0 radical (unpaired) electrons. The van der Waals surface area contributed by atoms with Gasteiger partial charge in [-0.1, -0.05) is 0 Å². The van der Waals surface area contributed by atoms with Crippen molar-refractivity contribution in [1.82, 2.24) is 9.55 Å². The van der Waals surface area contributed by atoms with Gasteiger partial charge in [-0.2, -0.15) is 0 Å². The van der Waals surface area contributed by atoms with E-state index < -0.39 is 6.43 Å². The second-order valence-corrected chi connectivity index (χ2v) is 3.51. The number of halogens is 3. The normalized spacial score (nSPS) is 15.7. The Morgan fingerprint density at radius 3 is 2.92 bits per heavy atom. The van der Waals surface area contributed by atoms with E-state index in [1.54, 1.807) is 4.57 Å². The topological polar surface area (TPSA) is 17.8 Å². The predicted molar refractivity (Wildman–Crippen MR) is 43.2 cm³/mol. The Balaban J connectivity index is 2.52. The number of aryl methyl sites for hydroxylation is 1. The van der Waals surface area contributed by atoms with Crippen molar-refractivity contribution >= 4 is 15.9 Å². The van der Waals surface area contributed by atoms with Crippen LogP contribution in [0.4, 0.5) is 8.78 Å². The van der Waals surface area contributed by atoms with Crippen LogP contribution in [0.5, 0.6) is 0 Å². The third-order valence-corrected chi connectivity index (χ3v) is 2.61. The molecule has 2 nitrogen and oxygen atoms in total. The fourth-order valence-electron chi connectivity index (χ4n) is 1.52. The average Bonchev–Trinajstić information content (AvgIpc) is 2.44. The van der Waals surface area contributed by atoms with Crippen molar-refractivity contribution in [3.05, 3.63) is 16.1 Å². The molecule has 0 aromatic carbocycles. The lowest BCUT2D eigenvalue weighted by molar-refractivity contribution is 0.140. The summed E-state index contributed by atoms with van der Waals surface area (Å²) in [5.41, 5.74) is 0.0301. The SMILES string of the molecule is FC(F)c1c(Br)nc2n1CCC2. The van der Waals surface area contributed by atoms with Gasteiger partial charge in [0.2, 0.25) is 0 Å². The van der Waals surface area contributed by atoms with Crippen molar-refractivity contribution < 1.29 is 8.78 Å². The maximum absolute atomic E-state index is 12.4. The molecular formula is C7H7BrF2N2. The van der Waals surface area contributed by atoms with Crippen molar-refractivity contribution in [3.8, 4) is 0 Å². The molecule has 0 fully saturated rings. The highest BCUT2D eigenvalue weighted by molar-refractivity contribution is 9.10. The smallest absolute Gasteiger partial charge is 0.281 e. The van der Waals surface area contributed by atoms with Crippen molar-refractivity contribution in [3.63, 3.8) is 0 Å². The van der Waals surface area contributed by atoms with E-state index in [9.17, 15) is 8.78 Å². The number of hydrogen-bond donors (Lipinski definition) is 0. The Bertz CT molecular complexity index is 309. The maximum Gasteiger partial charge on any atom is 0.281 e. The molecule has 0 aliphatic carbocycles. The zero-order valence-corrected chi connectivity index (χ0v) is 7.81. The van der Waals surface area contributed by atoms with Crippen LogP contribution in [0, 0.1) is 0 Å². The monoisotopic (exact) mass is 236 g/mol. The molecule has 1 aromatic heterocycles. The third kappa shape index (κ3) is 1.07. The molecular weight excluding hydrogens is 230 g/mol. The van der Waals surface area contributed by atoms with Crippen molar-refractivity contribution in [1.29, 1.82) is 0 Å². The molecule has 0 bridgehead atoms. The summed E-state index contributed by atoms with van der Waals surface area (Å²) < 4.78 is 26.8.